The van der Waals surface area contributed by atoms with Gasteiger partial charge in [0.1, 0.15) is 17.3 Å². The second kappa shape index (κ2) is 7.32. The van der Waals surface area contributed by atoms with Crippen LogP contribution in [0.1, 0.15) is 5.56 Å². The number of rotatable bonds is 4. The summed E-state index contributed by atoms with van der Waals surface area (Å²) < 4.78 is 14.2. The highest BCUT2D eigenvalue weighted by atomic mass is 19.1. The lowest BCUT2D eigenvalue weighted by Crippen LogP contribution is -2.00. The molecular weight excluding hydrogens is 359 g/mol. The number of hydrazone groups is 1. The van der Waals surface area contributed by atoms with Gasteiger partial charge in [-0.2, -0.15) is 5.10 Å². The summed E-state index contributed by atoms with van der Waals surface area (Å²) in [4.78, 5) is 8.87. The van der Waals surface area contributed by atoms with E-state index in [0.717, 1.165) is 5.39 Å². The fourth-order valence-electron chi connectivity index (χ4n) is 2.73. The molecule has 0 aliphatic carbocycles. The summed E-state index contributed by atoms with van der Waals surface area (Å²) in [6.45, 7) is 0. The van der Waals surface area contributed by atoms with E-state index in [-0.39, 0.29) is 22.9 Å². The third-order valence-corrected chi connectivity index (χ3v) is 4.11. The number of para-hydroxylation sites is 1. The normalized spacial score (nSPS) is 11.2. The molecule has 6 nitrogen and oxygen atoms in total. The van der Waals surface area contributed by atoms with E-state index in [9.17, 15) is 14.6 Å². The van der Waals surface area contributed by atoms with E-state index >= 15 is 0 Å². The summed E-state index contributed by atoms with van der Waals surface area (Å²) >= 11 is 0. The van der Waals surface area contributed by atoms with Crippen molar-refractivity contribution in [2.75, 3.05) is 5.43 Å². The van der Waals surface area contributed by atoms with Crippen molar-refractivity contribution in [2.45, 2.75) is 0 Å². The topological polar surface area (TPSA) is 90.6 Å². The van der Waals surface area contributed by atoms with E-state index in [1.165, 1.54) is 30.5 Å². The van der Waals surface area contributed by atoms with Gasteiger partial charge in [-0.05, 0) is 36.4 Å². The van der Waals surface area contributed by atoms with Crippen LogP contribution in [0.15, 0.2) is 71.8 Å². The van der Waals surface area contributed by atoms with Gasteiger partial charge < -0.3 is 10.2 Å². The Morgan fingerprint density at radius 3 is 2.54 bits per heavy atom. The van der Waals surface area contributed by atoms with Gasteiger partial charge in [-0.1, -0.05) is 24.3 Å². The first-order chi connectivity index (χ1) is 13.6. The smallest absolute Gasteiger partial charge is 0.165 e. The maximum atomic E-state index is 14.2. The zero-order valence-corrected chi connectivity index (χ0v) is 14.5. The van der Waals surface area contributed by atoms with Crippen LogP contribution in [-0.4, -0.2) is 26.4 Å². The van der Waals surface area contributed by atoms with Crippen molar-refractivity contribution in [3.05, 3.63) is 78.1 Å². The van der Waals surface area contributed by atoms with Gasteiger partial charge in [0.25, 0.3) is 0 Å². The van der Waals surface area contributed by atoms with Crippen molar-refractivity contribution in [3.63, 3.8) is 0 Å². The molecule has 0 bridgehead atoms. The molecule has 0 saturated carbocycles. The van der Waals surface area contributed by atoms with Crippen molar-refractivity contribution >= 4 is 22.9 Å². The minimum Gasteiger partial charge on any atom is -0.508 e. The highest BCUT2D eigenvalue weighted by molar-refractivity contribution is 5.91. The van der Waals surface area contributed by atoms with Gasteiger partial charge in [0.2, 0.25) is 0 Å². The number of aromatic nitrogens is 2. The van der Waals surface area contributed by atoms with E-state index in [1.54, 1.807) is 18.2 Å². The average Bonchev–Trinajstić information content (AvgIpc) is 2.70. The van der Waals surface area contributed by atoms with Crippen LogP contribution >= 0.6 is 0 Å². The SMILES string of the molecule is Oc1ccc(/C=N\Nc2nc(-c3ccccc3F)nc3ccccc23)c(O)c1. The minimum absolute atomic E-state index is 0.0427. The Balaban J connectivity index is 1.73. The average molecular weight is 374 g/mol. The Bertz CT molecular complexity index is 1190. The fourth-order valence-corrected chi connectivity index (χ4v) is 2.73. The lowest BCUT2D eigenvalue weighted by atomic mass is 10.1. The van der Waals surface area contributed by atoms with E-state index in [0.29, 0.717) is 16.9 Å². The maximum Gasteiger partial charge on any atom is 0.165 e. The van der Waals surface area contributed by atoms with Crippen LogP contribution in [0, 0.1) is 5.82 Å². The summed E-state index contributed by atoms with van der Waals surface area (Å²) in [6.07, 6.45) is 1.40. The van der Waals surface area contributed by atoms with Crippen LogP contribution in [0.2, 0.25) is 0 Å². The summed E-state index contributed by atoms with van der Waals surface area (Å²) in [5.41, 5.74) is 4.17. The molecule has 7 heteroatoms. The number of nitrogens with zero attached hydrogens (tertiary/aromatic N) is 3. The van der Waals surface area contributed by atoms with Gasteiger partial charge in [0, 0.05) is 17.0 Å². The molecule has 0 radical (unpaired) electrons. The Morgan fingerprint density at radius 2 is 1.71 bits per heavy atom. The summed E-state index contributed by atoms with van der Waals surface area (Å²) in [5.74, 6) is 0.0747. The predicted octanol–water partition coefficient (Wildman–Crippen LogP) is 4.29. The quantitative estimate of drug-likeness (QED) is 0.366. The highest BCUT2D eigenvalue weighted by Crippen LogP contribution is 2.26. The first-order valence-electron chi connectivity index (χ1n) is 8.44. The molecule has 3 N–H and O–H groups in total. The largest absolute Gasteiger partial charge is 0.508 e. The van der Waals surface area contributed by atoms with Gasteiger partial charge in [-0.3, -0.25) is 5.43 Å². The van der Waals surface area contributed by atoms with Crippen LogP contribution < -0.4 is 5.43 Å². The minimum atomic E-state index is -0.416. The molecule has 4 aromatic rings. The zero-order chi connectivity index (χ0) is 19.5. The first kappa shape index (κ1) is 17.4. The molecule has 0 saturated heterocycles. The molecule has 0 amide bonds. The number of hydrogen-bond donors (Lipinski definition) is 3. The van der Waals surface area contributed by atoms with Crippen LogP contribution in [0.5, 0.6) is 11.5 Å². The number of anilines is 1. The fraction of sp³-hybridized carbons (Fsp3) is 0. The van der Waals surface area contributed by atoms with Gasteiger partial charge in [0.05, 0.1) is 17.3 Å². The maximum absolute atomic E-state index is 14.2. The molecule has 1 aromatic heterocycles. The second-order valence-electron chi connectivity index (χ2n) is 6.01. The summed E-state index contributed by atoms with van der Waals surface area (Å²) in [5, 5.41) is 24.0. The van der Waals surface area contributed by atoms with Gasteiger partial charge in [0.15, 0.2) is 11.6 Å². The number of halogens is 1. The molecular formula is C21H15FN4O2. The van der Waals surface area contributed by atoms with Gasteiger partial charge in [-0.25, -0.2) is 14.4 Å². The van der Waals surface area contributed by atoms with Crippen molar-refractivity contribution in [1.82, 2.24) is 9.97 Å². The van der Waals surface area contributed by atoms with Crippen molar-refractivity contribution < 1.29 is 14.6 Å². The number of fused-ring (bicyclic) bond motifs is 1. The lowest BCUT2D eigenvalue weighted by Gasteiger charge is -2.09. The van der Waals surface area contributed by atoms with E-state index < -0.39 is 5.82 Å². The highest BCUT2D eigenvalue weighted by Gasteiger charge is 2.12. The van der Waals surface area contributed by atoms with E-state index in [2.05, 4.69) is 20.5 Å². The van der Waals surface area contributed by atoms with Crippen LogP contribution in [-0.2, 0) is 0 Å². The Kier molecular flexibility index (Phi) is 4.55. The lowest BCUT2D eigenvalue weighted by molar-refractivity contribution is 0.450. The Hall–Kier alpha value is -4.00. The van der Waals surface area contributed by atoms with Crippen molar-refractivity contribution in [3.8, 4) is 22.9 Å². The molecule has 4 rings (SSSR count). The summed E-state index contributed by atoms with van der Waals surface area (Å²) in [7, 11) is 0. The molecule has 0 spiro atoms. The molecule has 0 unspecified atom stereocenters. The molecule has 0 atom stereocenters. The van der Waals surface area contributed by atoms with Crippen LogP contribution in [0.25, 0.3) is 22.3 Å². The number of nitrogens with one attached hydrogen (secondary N) is 1. The number of hydrogen-bond acceptors (Lipinski definition) is 6. The van der Waals surface area contributed by atoms with Gasteiger partial charge in [-0.15, -0.1) is 0 Å². The van der Waals surface area contributed by atoms with Gasteiger partial charge >= 0.3 is 0 Å². The third-order valence-electron chi connectivity index (χ3n) is 4.11. The van der Waals surface area contributed by atoms with Crippen LogP contribution in [0.3, 0.4) is 0 Å². The van der Waals surface area contributed by atoms with Crippen molar-refractivity contribution in [1.29, 1.82) is 0 Å². The number of benzene rings is 3. The third kappa shape index (κ3) is 3.45. The van der Waals surface area contributed by atoms with E-state index in [1.807, 2.05) is 24.3 Å². The summed E-state index contributed by atoms with van der Waals surface area (Å²) in [6, 6.07) is 17.8. The molecule has 0 fully saturated rings. The molecule has 138 valence electrons. The predicted molar refractivity (Wildman–Crippen MR) is 106 cm³/mol. The molecule has 0 aliphatic rings. The number of phenols is 2. The molecule has 28 heavy (non-hydrogen) atoms. The second-order valence-corrected chi connectivity index (χ2v) is 6.01. The van der Waals surface area contributed by atoms with Crippen LogP contribution in [0.4, 0.5) is 10.2 Å². The molecule has 3 aromatic carbocycles. The molecule has 1 heterocycles. The Labute approximate surface area is 159 Å². The molecule has 0 aliphatic heterocycles. The Morgan fingerprint density at radius 1 is 0.929 bits per heavy atom. The number of phenolic OH excluding ortho intramolecular Hbond substituents is 2. The standard InChI is InChI=1S/C21H15FN4O2/c22-17-7-3-1-5-15(17)20-24-18-8-4-2-6-16(18)21(25-20)26-23-12-13-9-10-14(27)11-19(13)28/h1-12,27-28H,(H,24,25,26)/b23-12-. The van der Waals surface area contributed by atoms with Crippen molar-refractivity contribution in [2.24, 2.45) is 5.10 Å². The zero-order valence-electron chi connectivity index (χ0n) is 14.5. The number of aromatic hydroxyl groups is 2. The first-order valence-corrected chi connectivity index (χ1v) is 8.44. The van der Waals surface area contributed by atoms with E-state index in [4.69, 9.17) is 0 Å². The monoisotopic (exact) mass is 374 g/mol.